The molecule has 0 aliphatic carbocycles. The van der Waals surface area contributed by atoms with Crippen LogP contribution in [0.25, 0.3) is 10.9 Å². The Kier molecular flexibility index (Phi) is 5.19. The van der Waals surface area contributed by atoms with Crippen LogP contribution in [0, 0.1) is 0 Å². The predicted octanol–water partition coefficient (Wildman–Crippen LogP) is 4.54. The number of rotatable bonds is 3. The molecule has 2 heterocycles. The van der Waals surface area contributed by atoms with Crippen LogP contribution in [0.3, 0.4) is 0 Å². The number of anilines is 1. The summed E-state index contributed by atoms with van der Waals surface area (Å²) in [6, 6.07) is 12.6. The fraction of sp³-hybridized carbons (Fsp3) is 0.286. The van der Waals surface area contributed by atoms with Gasteiger partial charge in [-0.3, -0.25) is 4.90 Å². The van der Waals surface area contributed by atoms with Crippen molar-refractivity contribution >= 4 is 22.6 Å². The van der Waals surface area contributed by atoms with Crippen molar-refractivity contribution in [1.29, 1.82) is 0 Å². The van der Waals surface area contributed by atoms with Crippen molar-refractivity contribution in [3.05, 3.63) is 65.9 Å². The van der Waals surface area contributed by atoms with E-state index in [0.717, 1.165) is 37.3 Å². The molecule has 0 bridgehead atoms. The van der Waals surface area contributed by atoms with E-state index in [4.69, 9.17) is 0 Å². The average molecular weight is 402 g/mol. The van der Waals surface area contributed by atoms with Gasteiger partial charge in [0.25, 0.3) is 0 Å². The molecule has 152 valence electrons. The van der Waals surface area contributed by atoms with Gasteiger partial charge in [0.05, 0.1) is 5.56 Å². The zero-order valence-electron chi connectivity index (χ0n) is 15.7. The van der Waals surface area contributed by atoms with Gasteiger partial charge in [0.15, 0.2) is 0 Å². The fourth-order valence-electron chi connectivity index (χ4n) is 3.51. The highest BCUT2D eigenvalue weighted by atomic mass is 19.4. The number of alkyl halides is 3. The number of aromatic amines is 1. The molecule has 1 aliphatic rings. The van der Waals surface area contributed by atoms with E-state index < -0.39 is 11.7 Å². The number of amides is 2. The van der Waals surface area contributed by atoms with E-state index in [-0.39, 0.29) is 6.03 Å². The number of nitrogens with zero attached hydrogens (tertiary/aromatic N) is 2. The van der Waals surface area contributed by atoms with Crippen LogP contribution in [0.15, 0.2) is 54.7 Å². The van der Waals surface area contributed by atoms with Crippen LogP contribution in [-0.2, 0) is 12.7 Å². The minimum Gasteiger partial charge on any atom is -0.361 e. The smallest absolute Gasteiger partial charge is 0.361 e. The fourth-order valence-corrected chi connectivity index (χ4v) is 3.51. The summed E-state index contributed by atoms with van der Waals surface area (Å²) >= 11 is 0. The predicted molar refractivity (Wildman–Crippen MR) is 106 cm³/mol. The number of benzene rings is 2. The summed E-state index contributed by atoms with van der Waals surface area (Å²) < 4.78 is 37.9. The van der Waals surface area contributed by atoms with Gasteiger partial charge in [-0.1, -0.05) is 6.07 Å². The van der Waals surface area contributed by atoms with Crippen LogP contribution in [0.1, 0.15) is 11.1 Å². The van der Waals surface area contributed by atoms with Crippen LogP contribution in [-0.4, -0.2) is 47.0 Å². The highest BCUT2D eigenvalue weighted by Gasteiger charge is 2.30. The number of carbonyl (C=O) groups is 1. The molecule has 1 aliphatic heterocycles. The Hall–Kier alpha value is -3.00. The summed E-state index contributed by atoms with van der Waals surface area (Å²) in [5, 5.41) is 3.85. The Morgan fingerprint density at radius 1 is 1.00 bits per heavy atom. The van der Waals surface area contributed by atoms with E-state index in [0.29, 0.717) is 18.8 Å². The first-order valence-electron chi connectivity index (χ1n) is 9.40. The summed E-state index contributed by atoms with van der Waals surface area (Å²) in [7, 11) is 0. The third kappa shape index (κ3) is 4.54. The Labute approximate surface area is 166 Å². The number of hydrogen-bond acceptors (Lipinski definition) is 2. The molecule has 0 spiro atoms. The number of aromatic nitrogens is 1. The third-order valence-corrected chi connectivity index (χ3v) is 5.15. The zero-order valence-corrected chi connectivity index (χ0v) is 15.7. The molecule has 5 nitrogen and oxygen atoms in total. The second-order valence-electron chi connectivity index (χ2n) is 7.17. The second kappa shape index (κ2) is 7.79. The number of fused-ring (bicyclic) bond motifs is 1. The first-order chi connectivity index (χ1) is 13.9. The van der Waals surface area contributed by atoms with Gasteiger partial charge >= 0.3 is 12.2 Å². The molecular weight excluding hydrogens is 381 g/mol. The third-order valence-electron chi connectivity index (χ3n) is 5.15. The monoisotopic (exact) mass is 402 g/mol. The Morgan fingerprint density at radius 3 is 2.41 bits per heavy atom. The van der Waals surface area contributed by atoms with Crippen LogP contribution in [0.5, 0.6) is 0 Å². The van der Waals surface area contributed by atoms with Gasteiger partial charge in [0.2, 0.25) is 0 Å². The van der Waals surface area contributed by atoms with Crippen molar-refractivity contribution < 1.29 is 18.0 Å². The van der Waals surface area contributed by atoms with Gasteiger partial charge in [-0.05, 0) is 53.4 Å². The topological polar surface area (TPSA) is 51.4 Å². The molecule has 1 saturated heterocycles. The lowest BCUT2D eigenvalue weighted by molar-refractivity contribution is -0.137. The first kappa shape index (κ1) is 19.3. The normalized spacial score (nSPS) is 15.6. The van der Waals surface area contributed by atoms with Crippen LogP contribution < -0.4 is 5.32 Å². The number of urea groups is 1. The molecule has 0 atom stereocenters. The number of H-pyrrole nitrogens is 1. The molecular formula is C21H21F3N4O. The highest BCUT2D eigenvalue weighted by Crippen LogP contribution is 2.29. The van der Waals surface area contributed by atoms with Crippen LogP contribution >= 0.6 is 0 Å². The van der Waals surface area contributed by atoms with Crippen molar-refractivity contribution in [1.82, 2.24) is 14.8 Å². The zero-order chi connectivity index (χ0) is 20.4. The molecule has 0 unspecified atom stereocenters. The van der Waals surface area contributed by atoms with Gasteiger partial charge in [-0.25, -0.2) is 4.79 Å². The summed E-state index contributed by atoms with van der Waals surface area (Å²) in [4.78, 5) is 19.6. The first-order valence-corrected chi connectivity index (χ1v) is 9.40. The SMILES string of the molecule is O=C(Nc1ccc(C(F)(F)F)cc1)N1CCN(Cc2ccc3[nH]ccc3c2)CC1. The summed E-state index contributed by atoms with van der Waals surface area (Å²) in [5.74, 6) is 0. The van der Waals surface area contributed by atoms with Crippen LogP contribution in [0.2, 0.25) is 0 Å². The van der Waals surface area contributed by atoms with Gasteiger partial charge in [0.1, 0.15) is 0 Å². The molecule has 1 fully saturated rings. The maximum Gasteiger partial charge on any atom is 0.416 e. The van der Waals surface area contributed by atoms with E-state index in [1.165, 1.54) is 23.1 Å². The Balaban J connectivity index is 1.29. The molecule has 0 saturated carbocycles. The molecule has 8 heteroatoms. The minimum absolute atomic E-state index is 0.293. The van der Waals surface area contributed by atoms with Gasteiger partial charge in [-0.2, -0.15) is 13.2 Å². The molecule has 3 aromatic rings. The van der Waals surface area contributed by atoms with Gasteiger partial charge in [0, 0.05) is 50.1 Å². The number of halogens is 3. The lowest BCUT2D eigenvalue weighted by atomic mass is 10.1. The molecule has 29 heavy (non-hydrogen) atoms. The largest absolute Gasteiger partial charge is 0.416 e. The lowest BCUT2D eigenvalue weighted by Crippen LogP contribution is -2.49. The number of carbonyl (C=O) groups excluding carboxylic acids is 1. The Morgan fingerprint density at radius 2 is 1.72 bits per heavy atom. The second-order valence-corrected chi connectivity index (χ2v) is 7.17. The maximum atomic E-state index is 12.6. The van der Waals surface area contributed by atoms with E-state index >= 15 is 0 Å². The van der Waals surface area contributed by atoms with E-state index in [1.807, 2.05) is 12.3 Å². The molecule has 2 N–H and O–H groups in total. The summed E-state index contributed by atoms with van der Waals surface area (Å²) in [6.45, 7) is 3.43. The lowest BCUT2D eigenvalue weighted by Gasteiger charge is -2.34. The minimum atomic E-state index is -4.38. The van der Waals surface area contributed by atoms with Crippen molar-refractivity contribution in [3.63, 3.8) is 0 Å². The molecule has 4 rings (SSSR count). The van der Waals surface area contributed by atoms with Crippen molar-refractivity contribution in [3.8, 4) is 0 Å². The number of nitrogens with one attached hydrogen (secondary N) is 2. The van der Waals surface area contributed by atoms with Crippen molar-refractivity contribution in [2.75, 3.05) is 31.5 Å². The standard InChI is InChI=1S/C21H21F3N4O/c22-21(23,24)17-2-4-18(5-3-17)26-20(29)28-11-9-27(10-12-28)14-15-1-6-19-16(13-15)7-8-25-19/h1-8,13,25H,9-12,14H2,(H,26,29). The Bertz CT molecular complexity index is 989. The quantitative estimate of drug-likeness (QED) is 0.676. The highest BCUT2D eigenvalue weighted by molar-refractivity contribution is 5.89. The molecule has 2 aromatic carbocycles. The maximum absolute atomic E-state index is 12.6. The molecule has 1 aromatic heterocycles. The van der Waals surface area contributed by atoms with E-state index in [2.05, 4.69) is 33.4 Å². The number of hydrogen-bond donors (Lipinski definition) is 2. The average Bonchev–Trinajstić information content (AvgIpc) is 3.16. The van der Waals surface area contributed by atoms with Gasteiger partial charge < -0.3 is 15.2 Å². The van der Waals surface area contributed by atoms with Crippen molar-refractivity contribution in [2.45, 2.75) is 12.7 Å². The van der Waals surface area contributed by atoms with Crippen molar-refractivity contribution in [2.24, 2.45) is 0 Å². The van der Waals surface area contributed by atoms with E-state index in [1.54, 1.807) is 4.90 Å². The van der Waals surface area contributed by atoms with Crippen LogP contribution in [0.4, 0.5) is 23.7 Å². The number of piperazine rings is 1. The molecule has 2 amide bonds. The van der Waals surface area contributed by atoms with E-state index in [9.17, 15) is 18.0 Å². The summed E-state index contributed by atoms with van der Waals surface area (Å²) in [5.41, 5.74) is 1.95. The summed E-state index contributed by atoms with van der Waals surface area (Å²) in [6.07, 6.45) is -2.47. The molecule has 0 radical (unpaired) electrons. The van der Waals surface area contributed by atoms with Gasteiger partial charge in [-0.15, -0.1) is 0 Å².